The Morgan fingerprint density at radius 1 is 1.08 bits per heavy atom. The van der Waals surface area contributed by atoms with Crippen LogP contribution < -0.4 is 5.43 Å². The summed E-state index contributed by atoms with van der Waals surface area (Å²) in [6.45, 7) is 0. The summed E-state index contributed by atoms with van der Waals surface area (Å²) in [5, 5.41) is 0.131. The number of fused-ring (bicyclic) bond motifs is 3. The van der Waals surface area contributed by atoms with Crippen LogP contribution in [-0.4, -0.2) is 16.3 Å². The van der Waals surface area contributed by atoms with Crippen LogP contribution in [0.15, 0.2) is 51.7 Å². The van der Waals surface area contributed by atoms with Crippen molar-refractivity contribution in [3.05, 3.63) is 64.1 Å². The van der Waals surface area contributed by atoms with Gasteiger partial charge in [0.2, 0.25) is 5.82 Å². The van der Waals surface area contributed by atoms with Crippen LogP contribution >= 0.6 is 0 Å². The Kier molecular flexibility index (Phi) is 3.43. The maximum atomic E-state index is 12.9. The van der Waals surface area contributed by atoms with Gasteiger partial charge >= 0.3 is 6.18 Å². The zero-order chi connectivity index (χ0) is 18.5. The standard InChI is InChI=1S/C18H9F3N2O3/c19-18(20,21)17-22-12-6-5-11-13(25)7-14(26-16(11)15(12)23-17)10-3-1-9(8-24)2-4-10/h1-8H,(H,22,23). The number of hydrogen-bond acceptors (Lipinski definition) is 4. The highest BCUT2D eigenvalue weighted by molar-refractivity contribution is 6.00. The van der Waals surface area contributed by atoms with E-state index in [-0.39, 0.29) is 27.8 Å². The summed E-state index contributed by atoms with van der Waals surface area (Å²) in [4.78, 5) is 28.8. The van der Waals surface area contributed by atoms with E-state index in [9.17, 15) is 22.8 Å². The molecule has 1 N–H and O–H groups in total. The van der Waals surface area contributed by atoms with Gasteiger partial charge in [-0.3, -0.25) is 9.59 Å². The summed E-state index contributed by atoms with van der Waals surface area (Å²) in [7, 11) is 0. The fourth-order valence-electron chi connectivity index (χ4n) is 2.69. The van der Waals surface area contributed by atoms with E-state index < -0.39 is 17.4 Å². The van der Waals surface area contributed by atoms with Gasteiger partial charge in [0.25, 0.3) is 0 Å². The number of aldehydes is 1. The molecule has 4 aromatic rings. The van der Waals surface area contributed by atoms with Crippen molar-refractivity contribution in [1.29, 1.82) is 0 Å². The predicted molar refractivity (Wildman–Crippen MR) is 88.0 cm³/mol. The highest BCUT2D eigenvalue weighted by Gasteiger charge is 2.35. The number of rotatable bonds is 2. The van der Waals surface area contributed by atoms with Crippen molar-refractivity contribution in [2.75, 3.05) is 0 Å². The highest BCUT2D eigenvalue weighted by Crippen LogP contribution is 2.32. The molecule has 4 rings (SSSR count). The maximum Gasteiger partial charge on any atom is 0.449 e. The number of nitrogens with one attached hydrogen (secondary N) is 1. The number of hydrogen-bond donors (Lipinski definition) is 1. The fraction of sp³-hybridized carbons (Fsp3) is 0.0556. The molecule has 0 bridgehead atoms. The predicted octanol–water partition coefficient (Wildman–Crippen LogP) is 4.17. The van der Waals surface area contributed by atoms with E-state index in [4.69, 9.17) is 4.42 Å². The molecule has 0 spiro atoms. The molecule has 0 aliphatic heterocycles. The smallest absolute Gasteiger partial charge is 0.449 e. The number of aromatic nitrogens is 2. The number of alkyl halides is 3. The van der Waals surface area contributed by atoms with Crippen LogP contribution in [-0.2, 0) is 6.18 Å². The largest absolute Gasteiger partial charge is 0.453 e. The summed E-state index contributed by atoms with van der Waals surface area (Å²) in [5.74, 6) is -0.993. The van der Waals surface area contributed by atoms with Gasteiger partial charge in [0, 0.05) is 17.2 Å². The van der Waals surface area contributed by atoms with Gasteiger partial charge in [0.1, 0.15) is 17.6 Å². The molecule has 0 amide bonds. The number of nitrogens with zero attached hydrogens (tertiary/aromatic N) is 1. The number of halogens is 3. The molecule has 26 heavy (non-hydrogen) atoms. The second-order valence-corrected chi connectivity index (χ2v) is 5.64. The summed E-state index contributed by atoms with van der Waals surface area (Å²) < 4.78 is 44.4. The lowest BCUT2D eigenvalue weighted by atomic mass is 10.1. The Morgan fingerprint density at radius 2 is 1.81 bits per heavy atom. The third-order valence-corrected chi connectivity index (χ3v) is 3.95. The van der Waals surface area contributed by atoms with Gasteiger partial charge in [-0.15, -0.1) is 0 Å². The van der Waals surface area contributed by atoms with Gasteiger partial charge in [-0.05, 0) is 12.1 Å². The van der Waals surface area contributed by atoms with E-state index in [1.54, 1.807) is 24.3 Å². The van der Waals surface area contributed by atoms with Crippen LogP contribution in [0.5, 0.6) is 0 Å². The van der Waals surface area contributed by atoms with Crippen LogP contribution in [0, 0.1) is 0 Å². The molecule has 2 heterocycles. The van der Waals surface area contributed by atoms with E-state index in [0.717, 1.165) is 0 Å². The second kappa shape index (κ2) is 5.55. The average molecular weight is 358 g/mol. The van der Waals surface area contributed by atoms with Gasteiger partial charge in [0.15, 0.2) is 11.0 Å². The molecular formula is C18H9F3N2O3. The first-order valence-electron chi connectivity index (χ1n) is 7.46. The highest BCUT2D eigenvalue weighted by atomic mass is 19.4. The molecule has 2 aromatic heterocycles. The van der Waals surface area contributed by atoms with Crippen molar-refractivity contribution >= 4 is 28.3 Å². The van der Waals surface area contributed by atoms with Gasteiger partial charge in [0.05, 0.1) is 10.9 Å². The lowest BCUT2D eigenvalue weighted by molar-refractivity contribution is -0.144. The molecule has 0 aliphatic rings. The Bertz CT molecular complexity index is 1200. The number of imidazole rings is 1. The first-order chi connectivity index (χ1) is 12.4. The maximum absolute atomic E-state index is 12.9. The van der Waals surface area contributed by atoms with Crippen molar-refractivity contribution in [1.82, 2.24) is 9.97 Å². The third-order valence-electron chi connectivity index (χ3n) is 3.95. The lowest BCUT2D eigenvalue weighted by Gasteiger charge is -2.04. The molecule has 130 valence electrons. The monoisotopic (exact) mass is 358 g/mol. The summed E-state index contributed by atoms with van der Waals surface area (Å²) in [6.07, 6.45) is -3.97. The minimum atomic E-state index is -4.64. The molecular weight excluding hydrogens is 349 g/mol. The Labute approximate surface area is 143 Å². The second-order valence-electron chi connectivity index (χ2n) is 5.64. The van der Waals surface area contributed by atoms with Crippen LogP contribution in [0.2, 0.25) is 0 Å². The fourth-order valence-corrected chi connectivity index (χ4v) is 2.69. The first-order valence-corrected chi connectivity index (χ1v) is 7.46. The minimum absolute atomic E-state index is 0.0313. The van der Waals surface area contributed by atoms with E-state index >= 15 is 0 Å². The number of H-pyrrole nitrogens is 1. The molecule has 0 atom stereocenters. The lowest BCUT2D eigenvalue weighted by Crippen LogP contribution is -2.06. The van der Waals surface area contributed by atoms with E-state index in [0.29, 0.717) is 17.4 Å². The van der Waals surface area contributed by atoms with Crippen LogP contribution in [0.3, 0.4) is 0 Å². The molecule has 2 aromatic carbocycles. The first kappa shape index (κ1) is 16.1. The van der Waals surface area contributed by atoms with Crippen molar-refractivity contribution in [3.8, 4) is 11.3 Å². The average Bonchev–Trinajstić information content (AvgIpc) is 3.07. The normalized spacial score (nSPS) is 12.0. The molecule has 8 heteroatoms. The number of benzene rings is 2. The number of carbonyl (C=O) groups is 1. The number of carbonyl (C=O) groups excluding carboxylic acids is 1. The quantitative estimate of drug-likeness (QED) is 0.546. The Hall–Kier alpha value is -3.42. The summed E-state index contributed by atoms with van der Waals surface area (Å²) >= 11 is 0. The van der Waals surface area contributed by atoms with Crippen molar-refractivity contribution in [3.63, 3.8) is 0 Å². The summed E-state index contributed by atoms with van der Waals surface area (Å²) in [6, 6.07) is 10.3. The van der Waals surface area contributed by atoms with Crippen LogP contribution in [0.25, 0.3) is 33.3 Å². The molecule has 0 unspecified atom stereocenters. The Balaban J connectivity index is 1.99. The van der Waals surface area contributed by atoms with E-state index in [1.807, 2.05) is 0 Å². The molecule has 0 fully saturated rings. The van der Waals surface area contributed by atoms with Gasteiger partial charge in [-0.2, -0.15) is 13.2 Å². The van der Waals surface area contributed by atoms with Crippen LogP contribution in [0.1, 0.15) is 16.2 Å². The number of aromatic amines is 1. The molecule has 0 saturated heterocycles. The molecule has 0 saturated carbocycles. The Morgan fingerprint density at radius 3 is 2.46 bits per heavy atom. The molecule has 0 radical (unpaired) electrons. The summed E-state index contributed by atoms with van der Waals surface area (Å²) in [5.41, 5.74) is 0.565. The van der Waals surface area contributed by atoms with E-state index in [2.05, 4.69) is 9.97 Å². The minimum Gasteiger partial charge on any atom is -0.453 e. The van der Waals surface area contributed by atoms with Crippen molar-refractivity contribution in [2.45, 2.75) is 6.18 Å². The zero-order valence-corrected chi connectivity index (χ0v) is 12.9. The zero-order valence-electron chi connectivity index (χ0n) is 12.9. The molecule has 5 nitrogen and oxygen atoms in total. The topological polar surface area (TPSA) is 76.0 Å². The van der Waals surface area contributed by atoms with Gasteiger partial charge < -0.3 is 9.40 Å². The van der Waals surface area contributed by atoms with Gasteiger partial charge in [-0.25, -0.2) is 4.98 Å². The molecule has 0 aliphatic carbocycles. The van der Waals surface area contributed by atoms with Crippen molar-refractivity contribution in [2.24, 2.45) is 0 Å². The van der Waals surface area contributed by atoms with Gasteiger partial charge in [-0.1, -0.05) is 24.3 Å². The third kappa shape index (κ3) is 2.55. The van der Waals surface area contributed by atoms with Crippen molar-refractivity contribution < 1.29 is 22.4 Å². The van der Waals surface area contributed by atoms with Crippen LogP contribution in [0.4, 0.5) is 13.2 Å². The van der Waals surface area contributed by atoms with E-state index in [1.165, 1.54) is 18.2 Å². The SMILES string of the molecule is O=Cc1ccc(-c2cc(=O)c3ccc4[nH]c(C(F)(F)F)nc4c3o2)cc1.